The van der Waals surface area contributed by atoms with Crippen molar-refractivity contribution in [3.05, 3.63) is 72.2 Å². The zero-order chi connectivity index (χ0) is 24.1. The Morgan fingerprint density at radius 2 is 1.65 bits per heavy atom. The summed E-state index contributed by atoms with van der Waals surface area (Å²) >= 11 is 0. The molecular weight excluding hydrogens is 454 g/mol. The minimum atomic E-state index is -3.70. The van der Waals surface area contributed by atoms with Crippen molar-refractivity contribution >= 4 is 15.7 Å². The fourth-order valence-electron chi connectivity index (χ4n) is 4.29. The van der Waals surface area contributed by atoms with Gasteiger partial charge < -0.3 is 18.8 Å². The lowest BCUT2D eigenvalue weighted by Crippen LogP contribution is -2.49. The summed E-state index contributed by atoms with van der Waals surface area (Å²) in [6, 6.07) is 16.5. The number of aryl methyl sites for hydroxylation is 1. The highest BCUT2D eigenvalue weighted by Crippen LogP contribution is 2.27. The Kier molecular flexibility index (Phi) is 7.45. The average Bonchev–Trinajstić information content (AvgIpc) is 3.39. The zero-order valence-corrected chi connectivity index (χ0v) is 20.5. The lowest BCUT2D eigenvalue weighted by Gasteiger charge is -2.39. The number of piperazine rings is 1. The predicted molar refractivity (Wildman–Crippen MR) is 131 cm³/mol. The molecule has 1 aliphatic rings. The van der Waals surface area contributed by atoms with Gasteiger partial charge in [0.15, 0.2) is 0 Å². The molecule has 1 unspecified atom stereocenters. The van der Waals surface area contributed by atoms with Gasteiger partial charge in [0.25, 0.3) is 0 Å². The smallest absolute Gasteiger partial charge is 0.240 e. The number of ether oxygens (including phenoxy) is 2. The fourth-order valence-corrected chi connectivity index (χ4v) is 5.55. The summed E-state index contributed by atoms with van der Waals surface area (Å²) in [6.45, 7) is 5.19. The molecule has 3 aromatic rings. The highest BCUT2D eigenvalue weighted by atomic mass is 32.2. The first-order chi connectivity index (χ1) is 16.4. The number of hydrogen-bond acceptors (Lipinski definition) is 7. The van der Waals surface area contributed by atoms with Crippen molar-refractivity contribution in [3.63, 3.8) is 0 Å². The number of methoxy groups -OCH3 is 2. The molecule has 1 atom stereocenters. The van der Waals surface area contributed by atoms with Crippen LogP contribution in [0.5, 0.6) is 11.5 Å². The molecule has 0 bridgehead atoms. The van der Waals surface area contributed by atoms with E-state index in [1.165, 1.54) is 0 Å². The maximum atomic E-state index is 13.1. The van der Waals surface area contributed by atoms with Gasteiger partial charge in [-0.15, -0.1) is 0 Å². The van der Waals surface area contributed by atoms with Crippen LogP contribution in [0, 0.1) is 6.92 Å². The molecular formula is C25H31N3O5S. The minimum Gasteiger partial charge on any atom is -0.497 e. The largest absolute Gasteiger partial charge is 0.497 e. The molecule has 0 aliphatic carbocycles. The molecule has 0 spiro atoms. The summed E-state index contributed by atoms with van der Waals surface area (Å²) in [5, 5.41) is 0. The quantitative estimate of drug-likeness (QED) is 0.497. The number of nitrogens with zero attached hydrogens (tertiary/aromatic N) is 2. The Labute approximate surface area is 201 Å². The van der Waals surface area contributed by atoms with E-state index in [-0.39, 0.29) is 17.5 Å². The topological polar surface area (TPSA) is 84.2 Å². The van der Waals surface area contributed by atoms with E-state index in [0.29, 0.717) is 11.3 Å². The molecule has 1 aliphatic heterocycles. The van der Waals surface area contributed by atoms with Gasteiger partial charge in [-0.2, -0.15) is 0 Å². The number of rotatable bonds is 9. The van der Waals surface area contributed by atoms with Crippen molar-refractivity contribution in [1.29, 1.82) is 0 Å². The van der Waals surface area contributed by atoms with Crippen LogP contribution in [-0.2, 0) is 10.0 Å². The number of sulfonamides is 1. The molecule has 8 nitrogen and oxygen atoms in total. The Morgan fingerprint density at radius 3 is 2.24 bits per heavy atom. The van der Waals surface area contributed by atoms with Gasteiger partial charge in [-0.05, 0) is 67.1 Å². The van der Waals surface area contributed by atoms with Crippen molar-refractivity contribution in [2.75, 3.05) is 51.8 Å². The molecule has 0 amide bonds. The van der Waals surface area contributed by atoms with Crippen LogP contribution in [0.3, 0.4) is 0 Å². The lowest BCUT2D eigenvalue weighted by atomic mass is 10.1. The molecule has 2 heterocycles. The molecule has 0 radical (unpaired) electrons. The zero-order valence-electron chi connectivity index (χ0n) is 19.7. The van der Waals surface area contributed by atoms with Crippen molar-refractivity contribution in [3.8, 4) is 11.5 Å². The van der Waals surface area contributed by atoms with Crippen LogP contribution in [0.1, 0.15) is 17.4 Å². The Morgan fingerprint density at radius 1 is 0.971 bits per heavy atom. The van der Waals surface area contributed by atoms with E-state index in [4.69, 9.17) is 13.9 Å². The van der Waals surface area contributed by atoms with E-state index in [1.54, 1.807) is 45.6 Å². The van der Waals surface area contributed by atoms with Crippen LogP contribution in [0.2, 0.25) is 0 Å². The third-order valence-electron chi connectivity index (χ3n) is 6.20. The van der Waals surface area contributed by atoms with E-state index < -0.39 is 10.0 Å². The minimum absolute atomic E-state index is 0.207. The first-order valence-corrected chi connectivity index (χ1v) is 12.7. The number of furan rings is 1. The van der Waals surface area contributed by atoms with E-state index >= 15 is 0 Å². The lowest BCUT2D eigenvalue weighted by molar-refractivity contribution is 0.166. The predicted octanol–water partition coefficient (Wildman–Crippen LogP) is 3.45. The first-order valence-electron chi connectivity index (χ1n) is 11.2. The van der Waals surface area contributed by atoms with Crippen LogP contribution < -0.4 is 19.1 Å². The summed E-state index contributed by atoms with van der Waals surface area (Å²) in [5.41, 5.74) is 1.78. The third-order valence-corrected chi connectivity index (χ3v) is 7.79. The van der Waals surface area contributed by atoms with Gasteiger partial charge in [0.1, 0.15) is 17.3 Å². The van der Waals surface area contributed by atoms with Crippen LogP contribution in [0.25, 0.3) is 0 Å². The van der Waals surface area contributed by atoms with Crippen LogP contribution in [0.4, 0.5) is 5.69 Å². The van der Waals surface area contributed by atoms with Crippen molar-refractivity contribution in [2.24, 2.45) is 0 Å². The van der Waals surface area contributed by atoms with Gasteiger partial charge in [0, 0.05) is 38.4 Å². The van der Waals surface area contributed by atoms with Crippen molar-refractivity contribution in [1.82, 2.24) is 9.62 Å². The molecule has 4 rings (SSSR count). The van der Waals surface area contributed by atoms with Crippen LogP contribution >= 0.6 is 0 Å². The van der Waals surface area contributed by atoms with E-state index in [0.717, 1.165) is 43.4 Å². The molecule has 34 heavy (non-hydrogen) atoms. The van der Waals surface area contributed by atoms with Crippen molar-refractivity contribution < 1.29 is 22.3 Å². The number of benzene rings is 2. The third kappa shape index (κ3) is 5.38. The maximum Gasteiger partial charge on any atom is 0.240 e. The van der Waals surface area contributed by atoms with Crippen molar-refractivity contribution in [2.45, 2.75) is 17.9 Å². The van der Waals surface area contributed by atoms with E-state index in [1.807, 2.05) is 24.3 Å². The summed E-state index contributed by atoms with van der Waals surface area (Å²) in [6.07, 6.45) is 1.62. The highest BCUT2D eigenvalue weighted by Gasteiger charge is 2.29. The Hall–Kier alpha value is -3.01. The summed E-state index contributed by atoms with van der Waals surface area (Å²) < 4.78 is 45.1. The average molecular weight is 486 g/mol. The van der Waals surface area contributed by atoms with Gasteiger partial charge in [0.2, 0.25) is 10.0 Å². The summed E-state index contributed by atoms with van der Waals surface area (Å²) in [5.74, 6) is 2.20. The second-order valence-electron chi connectivity index (χ2n) is 8.24. The standard InChI is InChI=1S/C25H31N3O5S/c1-19-17-22(32-3)10-11-25(19)34(29,30)26-18-23(24-5-4-16-33-24)28-14-12-27(13-15-28)20-6-8-21(31-2)9-7-20/h4-11,16-17,23,26H,12-15,18H2,1-3H3. The number of nitrogens with one attached hydrogen (secondary N) is 1. The maximum absolute atomic E-state index is 13.1. The Bertz CT molecular complexity index is 1170. The van der Waals surface area contributed by atoms with Crippen LogP contribution in [-0.4, -0.2) is 60.3 Å². The second-order valence-corrected chi connectivity index (χ2v) is 9.97. The molecule has 1 aromatic heterocycles. The number of anilines is 1. The van der Waals surface area contributed by atoms with E-state index in [2.05, 4.69) is 26.7 Å². The fraction of sp³-hybridized carbons (Fsp3) is 0.360. The monoisotopic (exact) mass is 485 g/mol. The molecule has 182 valence electrons. The van der Waals surface area contributed by atoms with Crippen LogP contribution in [0.15, 0.2) is 70.2 Å². The highest BCUT2D eigenvalue weighted by molar-refractivity contribution is 7.89. The second kappa shape index (κ2) is 10.5. The SMILES string of the molecule is COc1ccc(N2CCN(C(CNS(=O)(=O)c3ccc(OC)cc3C)c3ccco3)CC2)cc1. The van der Waals surface area contributed by atoms with E-state index in [9.17, 15) is 8.42 Å². The van der Waals surface area contributed by atoms with Gasteiger partial charge >= 0.3 is 0 Å². The molecule has 2 aromatic carbocycles. The molecule has 1 N–H and O–H groups in total. The van der Waals surface area contributed by atoms with Gasteiger partial charge in [-0.25, -0.2) is 13.1 Å². The summed E-state index contributed by atoms with van der Waals surface area (Å²) in [4.78, 5) is 4.83. The van der Waals surface area contributed by atoms with Gasteiger partial charge in [-0.1, -0.05) is 0 Å². The molecule has 0 saturated carbocycles. The van der Waals surface area contributed by atoms with Gasteiger partial charge in [-0.3, -0.25) is 4.90 Å². The molecule has 1 fully saturated rings. The summed E-state index contributed by atoms with van der Waals surface area (Å²) in [7, 11) is -0.479. The Balaban J connectivity index is 1.45. The molecule has 9 heteroatoms. The molecule has 1 saturated heterocycles. The first kappa shape index (κ1) is 24.1. The normalized spacial score (nSPS) is 15.8. The van der Waals surface area contributed by atoms with Gasteiger partial charge in [0.05, 0.1) is 31.4 Å². The number of hydrogen-bond donors (Lipinski definition) is 1.